The maximum Gasteiger partial charge on any atom is 0.266 e. The van der Waals surface area contributed by atoms with Crippen LogP contribution in [0.5, 0.6) is 11.5 Å². The van der Waals surface area contributed by atoms with Crippen LogP contribution in [-0.4, -0.2) is 49.8 Å². The molecule has 560 valence electrons. The second-order valence-electron chi connectivity index (χ2n) is 18.9. The van der Waals surface area contributed by atoms with Crippen molar-refractivity contribution >= 4 is 34.6 Å². The molecule has 6 aromatic rings. The molecule has 0 spiro atoms. The van der Waals surface area contributed by atoms with Crippen molar-refractivity contribution in [3.8, 4) is 273 Å². The van der Waals surface area contributed by atoms with Crippen molar-refractivity contribution in [1.82, 2.24) is 0 Å². The minimum atomic E-state index is -0.958. The number of nitrogens with two attached hydrogens (primary N) is 2. The van der Waals surface area contributed by atoms with Crippen molar-refractivity contribution < 1.29 is 41.9 Å². The van der Waals surface area contributed by atoms with Crippen LogP contribution < -0.4 is 30.7 Å². The first-order chi connectivity index (χ1) is 55.0. The molecule has 112 heavy (non-hydrogen) atoms. The Hall–Kier alpha value is -18.7. The van der Waals surface area contributed by atoms with E-state index >= 15 is 0 Å². The fourth-order valence-corrected chi connectivity index (χ4v) is 7.97. The quantitative estimate of drug-likeness (QED) is 0.0483. The monoisotopic (exact) mass is 1480 g/mol. The lowest BCUT2D eigenvalue weighted by Gasteiger charge is -2.24. The number of fused-ring (bicyclic) bond motifs is 2. The third kappa shape index (κ3) is 38.3. The predicted octanol–water partition coefficient (Wildman–Crippen LogP) is 13.9. The Morgan fingerprint density at radius 1 is 0.375 bits per heavy atom. The van der Waals surface area contributed by atoms with E-state index in [9.17, 15) is 9.59 Å². The zero-order chi connectivity index (χ0) is 82.1. The fourth-order valence-electron chi connectivity index (χ4n) is 7.97. The zero-order valence-electron chi connectivity index (χ0n) is 59.7. The summed E-state index contributed by atoms with van der Waals surface area (Å²) in [5, 5.41) is 0. The summed E-state index contributed by atoms with van der Waals surface area (Å²) in [6, 6.07) is 50.5. The summed E-state index contributed by atoms with van der Waals surface area (Å²) >= 11 is 0. The van der Waals surface area contributed by atoms with Gasteiger partial charge in [0.25, 0.3) is 11.8 Å². The Balaban J connectivity index is -0.0000000870. The summed E-state index contributed by atoms with van der Waals surface area (Å²) in [4.78, 5) is 70.2. The van der Waals surface area contributed by atoms with Crippen LogP contribution in [0.4, 0.5) is 11.4 Å². The standard InChI is InChI=1S/2C23H21N3O2.2C23H4.2HN3.2O2.16H2/c2*1-28-18-13-11-16(12-14-18)15-26-20-10-6-5-9-19(20)21(25-22(24)23(26)27)17-7-3-2-4-8-17;2*1-3-5-7-9-11-13-15-17-19-21-23-22-20-18-16-14-12-10-8-6-4-2;2*1-3-2;2*1-2;;;;;;;;;;;;;;;;/h2*2-14,22H,15,24H2,1H3;2*1H,2H3;2*1H;;;16*1H/t22-;;;;;;;;;;;;;;;;;;;;;;;/m1......................./s1. The summed E-state index contributed by atoms with van der Waals surface area (Å²) in [5.41, 5.74) is 45.5. The number of terminal acetylenes is 2. The minimum Gasteiger partial charge on any atom is -0.497 e. The Labute approximate surface area is 674 Å². The molecule has 0 saturated carbocycles. The molecule has 2 aliphatic rings. The second-order valence-corrected chi connectivity index (χ2v) is 18.9. The average molecular weight is 1490 g/mol. The molecule has 6 N–H and O–H groups in total. The number of carbonyl (C=O) groups is 2. The van der Waals surface area contributed by atoms with Crippen LogP contribution in [0.3, 0.4) is 0 Å². The van der Waals surface area contributed by atoms with Crippen LogP contribution in [0.2, 0.25) is 0 Å². The number of benzodiazepines with no additional fused rings is 2. The van der Waals surface area contributed by atoms with Crippen molar-refractivity contribution in [2.24, 2.45) is 21.5 Å². The topological polar surface area (TPSA) is 325 Å². The van der Waals surface area contributed by atoms with Crippen LogP contribution in [0.15, 0.2) is 168 Å². The van der Waals surface area contributed by atoms with Gasteiger partial charge in [-0.05, 0) is 272 Å². The first-order valence-corrected chi connectivity index (χ1v) is 31.0. The van der Waals surface area contributed by atoms with E-state index < -0.39 is 12.3 Å². The van der Waals surface area contributed by atoms with Gasteiger partial charge in [-0.1, -0.05) is 133 Å². The van der Waals surface area contributed by atoms with Gasteiger partial charge in [-0.25, -0.2) is 0 Å². The molecule has 2 heterocycles. The largest absolute Gasteiger partial charge is 0.497 e. The molecule has 20 nitrogen and oxygen atoms in total. The number of rotatable bonds is 8. The van der Waals surface area contributed by atoms with Gasteiger partial charge in [-0.3, -0.25) is 19.6 Å². The lowest BCUT2D eigenvalue weighted by atomic mass is 10.00. The van der Waals surface area contributed by atoms with Crippen molar-refractivity contribution in [3.63, 3.8) is 0 Å². The summed E-state index contributed by atoms with van der Waals surface area (Å²) in [6.45, 7) is 4.21. The maximum atomic E-state index is 13.1. The molecule has 8 rings (SSSR count). The van der Waals surface area contributed by atoms with E-state index in [4.69, 9.17) is 75.8 Å². The summed E-state index contributed by atoms with van der Waals surface area (Å²) in [6.07, 6.45) is 7.89. The SMILES string of the molecule is C#CC#CC#CC#CC#CC#CC#CC#CC#CC#CC#CC.C#CC#CC#CC#CC#CC#CC#CC#CC#CC#CC#CC.COc1ccc(CN2C(=O)C(N)N=C(c3ccccc3)c3ccccc32)cc1.COc1ccc(CN2C(=O)[C@H](N)N=C(c3ccccc3)c3ccccc32)cc1.O=O.O=O.[HH].[HH].[HH].[HH].[HH].[HH].[HH].[HH].[HH].[HH].[HH].[HH].[HH].[HH].[HH].[HH].[N-]=[N+]=N.[N-]=[N+]=N. The van der Waals surface area contributed by atoms with E-state index in [1.807, 2.05) is 158 Å². The van der Waals surface area contributed by atoms with Crippen molar-refractivity contribution in [3.05, 3.63) is 232 Å². The van der Waals surface area contributed by atoms with Gasteiger partial charge in [0, 0.05) is 112 Å². The molecular formula is C92H84N12O8. The van der Waals surface area contributed by atoms with Crippen LogP contribution in [0.1, 0.15) is 70.1 Å². The highest BCUT2D eigenvalue weighted by molar-refractivity contribution is 6.21. The van der Waals surface area contributed by atoms with Gasteiger partial charge < -0.3 is 30.7 Å². The van der Waals surface area contributed by atoms with Gasteiger partial charge in [-0.2, -0.15) is 0 Å². The highest BCUT2D eigenvalue weighted by Gasteiger charge is 2.31. The third-order valence-electron chi connectivity index (χ3n) is 12.2. The number of ether oxygens (including phenoxy) is 2. The number of aliphatic imine (C=N–C) groups is 2. The van der Waals surface area contributed by atoms with Gasteiger partial charge in [0.2, 0.25) is 0 Å². The number of methoxy groups -OCH3 is 2. The van der Waals surface area contributed by atoms with Gasteiger partial charge in [0.15, 0.2) is 12.3 Å². The van der Waals surface area contributed by atoms with Crippen LogP contribution >= 0.6 is 0 Å². The molecule has 1 unspecified atom stereocenters. The molecule has 0 bridgehead atoms. The highest BCUT2D eigenvalue weighted by atomic mass is 16.7. The van der Waals surface area contributed by atoms with E-state index in [1.54, 1.807) is 47.7 Å². The first kappa shape index (κ1) is 91.3. The number of nitrogens with zero attached hydrogens (tertiary/aromatic N) is 8. The maximum absolute atomic E-state index is 13.1. The Kier molecular flexibility index (Phi) is 50.6. The molecule has 6 aromatic carbocycles. The van der Waals surface area contributed by atoms with E-state index in [0.717, 1.165) is 67.7 Å². The molecule has 0 fully saturated rings. The van der Waals surface area contributed by atoms with E-state index in [-0.39, 0.29) is 34.6 Å². The van der Waals surface area contributed by atoms with Crippen molar-refractivity contribution in [1.29, 1.82) is 11.1 Å². The number of hydrogen-bond donors (Lipinski definition) is 4. The summed E-state index contributed by atoms with van der Waals surface area (Å²) in [5.74, 6) is 105. The molecule has 0 radical (unpaired) electrons. The highest BCUT2D eigenvalue weighted by Crippen LogP contribution is 2.31. The Morgan fingerprint density at radius 2 is 0.589 bits per heavy atom. The number of anilines is 2. The number of benzene rings is 6. The van der Waals surface area contributed by atoms with E-state index in [2.05, 4.69) is 259 Å². The minimum absolute atomic E-state index is 0. The first-order valence-electron chi connectivity index (χ1n) is 31.0. The van der Waals surface area contributed by atoms with Crippen LogP contribution in [-0.2, 0) is 22.7 Å². The lowest BCUT2D eigenvalue weighted by Crippen LogP contribution is -2.41. The third-order valence-corrected chi connectivity index (χ3v) is 12.2. The number of carbonyl (C=O) groups excluding carboxylic acids is 2. The molecule has 2 atom stereocenters. The summed E-state index contributed by atoms with van der Waals surface area (Å²) < 4.78 is 10.4. The van der Waals surface area contributed by atoms with Crippen molar-refractivity contribution in [2.75, 3.05) is 24.0 Å². The number of hydrogen-bond acceptors (Lipinski definition) is 14. The van der Waals surface area contributed by atoms with E-state index in [0.29, 0.717) is 13.1 Å². The average Bonchev–Trinajstić information content (AvgIpc) is 1.64. The molecule has 0 aliphatic carbocycles. The molecule has 2 amide bonds. The van der Waals surface area contributed by atoms with Gasteiger partial charge in [0.05, 0.1) is 50.1 Å². The van der Waals surface area contributed by atoms with Gasteiger partial charge in [0.1, 0.15) is 11.5 Å². The van der Waals surface area contributed by atoms with Crippen LogP contribution in [0, 0.1) is 292 Å². The lowest BCUT2D eigenvalue weighted by molar-refractivity contribution is -0.120. The number of para-hydroxylation sites is 2. The number of nitrogens with one attached hydrogen (secondary N) is 2. The predicted molar refractivity (Wildman–Crippen MR) is 472 cm³/mol. The molecule has 0 aromatic heterocycles. The Morgan fingerprint density at radius 3 is 0.812 bits per heavy atom. The molecule has 20 heteroatoms. The fraction of sp³-hybridized carbons (Fsp3) is 0.0870. The van der Waals surface area contributed by atoms with E-state index in [1.165, 1.54) is 0 Å². The van der Waals surface area contributed by atoms with Crippen LogP contribution in [0.25, 0.3) is 20.9 Å². The number of amides is 2. The summed E-state index contributed by atoms with van der Waals surface area (Å²) in [7, 11) is 3.26. The Bertz CT molecular complexity index is 5690. The van der Waals surface area contributed by atoms with Gasteiger partial charge in [-0.15, -0.1) is 23.9 Å². The smallest absolute Gasteiger partial charge is 0.266 e. The van der Waals surface area contributed by atoms with Gasteiger partial charge >= 0.3 is 0 Å². The molecule has 0 saturated heterocycles. The normalized spacial score (nSPS) is 9.89. The molecular weight excluding hydrogens is 1400 g/mol. The zero-order valence-corrected chi connectivity index (χ0v) is 59.7. The van der Waals surface area contributed by atoms with Crippen molar-refractivity contribution in [2.45, 2.75) is 39.3 Å². The molecule has 2 aliphatic heterocycles. The second kappa shape index (κ2) is 62.1.